The highest BCUT2D eigenvalue weighted by atomic mass is 32.2. The lowest BCUT2D eigenvalue weighted by molar-refractivity contribution is -0.117. The fourth-order valence-corrected chi connectivity index (χ4v) is 5.12. The lowest BCUT2D eigenvalue weighted by Crippen LogP contribution is -2.37. The molecule has 0 aliphatic carbocycles. The van der Waals surface area contributed by atoms with Gasteiger partial charge in [0.05, 0.1) is 11.7 Å². The first kappa shape index (κ1) is 21.8. The number of fused-ring (bicyclic) bond motifs is 1. The fourth-order valence-electron chi connectivity index (χ4n) is 3.17. The third-order valence-electron chi connectivity index (χ3n) is 4.74. The monoisotopic (exact) mass is 466 g/mol. The average molecular weight is 467 g/mol. The number of sulfonamides is 1. The van der Waals surface area contributed by atoms with Crippen molar-refractivity contribution < 1.29 is 18.0 Å². The Morgan fingerprint density at radius 1 is 0.938 bits per heavy atom. The highest BCUT2D eigenvalue weighted by Crippen LogP contribution is 2.24. The van der Waals surface area contributed by atoms with Crippen LogP contribution < -0.4 is 10.0 Å². The van der Waals surface area contributed by atoms with E-state index in [1.165, 1.54) is 13.0 Å². The van der Waals surface area contributed by atoms with Crippen LogP contribution in [0.3, 0.4) is 0 Å². The highest BCUT2D eigenvalue weighted by Gasteiger charge is 2.29. The van der Waals surface area contributed by atoms with Crippen LogP contribution in [0.5, 0.6) is 0 Å². The number of Topliss-reactive ketones (excluding diaryl/α,β-unsaturated/α-hetero) is 1. The van der Waals surface area contributed by atoms with Crippen molar-refractivity contribution in [2.45, 2.75) is 17.9 Å². The minimum Gasteiger partial charge on any atom is -0.324 e. The van der Waals surface area contributed by atoms with Crippen LogP contribution >= 0.6 is 11.7 Å². The summed E-state index contributed by atoms with van der Waals surface area (Å²) in [6, 6.07) is 18.4. The maximum atomic E-state index is 13.2. The molecule has 4 aromatic rings. The molecule has 32 heavy (non-hydrogen) atoms. The molecule has 0 unspecified atom stereocenters. The number of nitrogens with one attached hydrogen (secondary N) is 2. The first-order valence-corrected chi connectivity index (χ1v) is 11.8. The van der Waals surface area contributed by atoms with Gasteiger partial charge in [0.15, 0.2) is 5.78 Å². The van der Waals surface area contributed by atoms with Gasteiger partial charge < -0.3 is 5.32 Å². The van der Waals surface area contributed by atoms with Crippen molar-refractivity contribution in [1.82, 2.24) is 13.5 Å². The molecule has 0 aliphatic heterocycles. The molecule has 2 N–H and O–H groups in total. The summed E-state index contributed by atoms with van der Waals surface area (Å²) in [6.45, 7) is 1.43. The van der Waals surface area contributed by atoms with E-state index in [0.717, 1.165) is 11.7 Å². The van der Waals surface area contributed by atoms with Crippen molar-refractivity contribution in [3.63, 3.8) is 0 Å². The summed E-state index contributed by atoms with van der Waals surface area (Å²) in [5.74, 6) is -0.740. The quantitative estimate of drug-likeness (QED) is 0.402. The molecule has 0 saturated carbocycles. The van der Waals surface area contributed by atoms with Crippen molar-refractivity contribution in [1.29, 1.82) is 0 Å². The molecule has 0 radical (unpaired) electrons. The molecule has 0 spiro atoms. The minimum absolute atomic E-state index is 0.0592. The molecule has 10 heteroatoms. The van der Waals surface area contributed by atoms with E-state index in [-0.39, 0.29) is 16.2 Å². The lowest BCUT2D eigenvalue weighted by Gasteiger charge is -2.19. The van der Waals surface area contributed by atoms with E-state index in [2.05, 4.69) is 18.8 Å². The van der Waals surface area contributed by atoms with E-state index in [4.69, 9.17) is 0 Å². The van der Waals surface area contributed by atoms with Gasteiger partial charge in [-0.1, -0.05) is 48.5 Å². The molecule has 1 aromatic heterocycles. The third kappa shape index (κ3) is 4.57. The first-order valence-electron chi connectivity index (χ1n) is 9.55. The molecule has 0 saturated heterocycles. The summed E-state index contributed by atoms with van der Waals surface area (Å²) in [5, 5.41) is 2.70. The SMILES string of the molecule is CC(=O)c1cccc(NC(=O)[C@H](NS(=O)(=O)c2cccc3nsnc23)c2ccccc2)c1. The summed E-state index contributed by atoms with van der Waals surface area (Å²) >= 11 is 0.911. The topological polar surface area (TPSA) is 118 Å². The molecule has 0 fully saturated rings. The van der Waals surface area contributed by atoms with Crippen molar-refractivity contribution in [2.24, 2.45) is 0 Å². The Morgan fingerprint density at radius 2 is 1.69 bits per heavy atom. The van der Waals surface area contributed by atoms with Crippen molar-refractivity contribution in [3.8, 4) is 0 Å². The standard InChI is InChI=1S/C22H18N4O4S2/c1-14(27)16-9-5-10-17(13-16)23-22(28)20(15-7-3-2-4-8-15)26-32(29,30)19-12-6-11-18-21(19)25-31-24-18/h2-13,20,26H,1H3,(H,23,28)/t20-/m1/s1. The number of benzene rings is 3. The van der Waals surface area contributed by atoms with Crippen molar-refractivity contribution in [3.05, 3.63) is 83.9 Å². The number of carbonyl (C=O) groups is 2. The molecule has 1 amide bonds. The number of carbonyl (C=O) groups excluding carboxylic acids is 2. The number of amides is 1. The Balaban J connectivity index is 1.68. The number of aromatic nitrogens is 2. The summed E-state index contributed by atoms with van der Waals surface area (Å²) < 4.78 is 37.1. The maximum Gasteiger partial charge on any atom is 0.247 e. The Hall–Kier alpha value is -3.47. The highest BCUT2D eigenvalue weighted by molar-refractivity contribution is 7.89. The fraction of sp³-hybridized carbons (Fsp3) is 0.0909. The van der Waals surface area contributed by atoms with Gasteiger partial charge in [0.1, 0.15) is 22.0 Å². The Kier molecular flexibility index (Phi) is 6.08. The molecular formula is C22H18N4O4S2. The predicted octanol–water partition coefficient (Wildman–Crippen LogP) is 3.55. The smallest absolute Gasteiger partial charge is 0.247 e. The van der Waals surface area contributed by atoms with Crippen LogP contribution in [0.15, 0.2) is 77.7 Å². The lowest BCUT2D eigenvalue weighted by atomic mass is 10.1. The van der Waals surface area contributed by atoms with Gasteiger partial charge in [0.25, 0.3) is 0 Å². The molecule has 0 aliphatic rings. The van der Waals surface area contributed by atoms with Crippen LogP contribution in [0.4, 0.5) is 5.69 Å². The van der Waals surface area contributed by atoms with Gasteiger partial charge in [0, 0.05) is 11.3 Å². The predicted molar refractivity (Wildman–Crippen MR) is 122 cm³/mol. The Labute approximate surface area is 188 Å². The molecule has 8 nitrogen and oxygen atoms in total. The molecule has 4 rings (SSSR count). The summed E-state index contributed by atoms with van der Waals surface area (Å²) in [4.78, 5) is 24.8. The van der Waals surface area contributed by atoms with Gasteiger partial charge >= 0.3 is 0 Å². The summed E-state index contributed by atoms with van der Waals surface area (Å²) in [6.07, 6.45) is 0. The second-order valence-electron chi connectivity index (χ2n) is 6.98. The molecule has 1 atom stereocenters. The number of hydrogen-bond acceptors (Lipinski definition) is 7. The van der Waals surface area contributed by atoms with E-state index in [9.17, 15) is 18.0 Å². The number of nitrogens with zero attached hydrogens (tertiary/aromatic N) is 2. The van der Waals surface area contributed by atoms with Gasteiger partial charge in [-0.05, 0) is 36.8 Å². The van der Waals surface area contributed by atoms with Crippen LogP contribution in [0.25, 0.3) is 11.0 Å². The Morgan fingerprint density at radius 3 is 2.44 bits per heavy atom. The van der Waals surface area contributed by atoms with Crippen LogP contribution in [0.1, 0.15) is 28.9 Å². The van der Waals surface area contributed by atoms with Gasteiger partial charge in [-0.3, -0.25) is 9.59 Å². The molecule has 162 valence electrons. The van der Waals surface area contributed by atoms with E-state index >= 15 is 0 Å². The second kappa shape index (κ2) is 8.95. The van der Waals surface area contributed by atoms with E-state index in [1.54, 1.807) is 66.7 Å². The average Bonchev–Trinajstić information content (AvgIpc) is 3.27. The largest absolute Gasteiger partial charge is 0.324 e. The number of anilines is 1. The van der Waals surface area contributed by atoms with E-state index in [0.29, 0.717) is 22.3 Å². The third-order valence-corrected chi connectivity index (χ3v) is 6.74. The van der Waals surface area contributed by atoms with Crippen LogP contribution in [-0.2, 0) is 14.8 Å². The molecule has 3 aromatic carbocycles. The normalized spacial score (nSPS) is 12.4. The zero-order chi connectivity index (χ0) is 22.7. The molecule has 1 heterocycles. The van der Waals surface area contributed by atoms with Crippen LogP contribution in [-0.4, -0.2) is 28.9 Å². The second-order valence-corrected chi connectivity index (χ2v) is 9.19. The van der Waals surface area contributed by atoms with E-state index < -0.39 is 22.0 Å². The molecule has 0 bridgehead atoms. The van der Waals surface area contributed by atoms with Gasteiger partial charge in [-0.2, -0.15) is 13.5 Å². The van der Waals surface area contributed by atoms with Gasteiger partial charge in [-0.15, -0.1) is 0 Å². The Bertz CT molecular complexity index is 1400. The minimum atomic E-state index is -4.12. The number of ketones is 1. The number of rotatable bonds is 7. The molecular weight excluding hydrogens is 448 g/mol. The van der Waals surface area contributed by atoms with E-state index in [1.807, 2.05) is 0 Å². The summed E-state index contributed by atoms with van der Waals surface area (Å²) in [7, 11) is -4.12. The van der Waals surface area contributed by atoms with Gasteiger partial charge in [-0.25, -0.2) is 8.42 Å². The van der Waals surface area contributed by atoms with Crippen molar-refractivity contribution in [2.75, 3.05) is 5.32 Å². The maximum absolute atomic E-state index is 13.2. The van der Waals surface area contributed by atoms with Crippen molar-refractivity contribution >= 4 is 50.2 Å². The first-order chi connectivity index (χ1) is 15.3. The zero-order valence-corrected chi connectivity index (χ0v) is 18.5. The van der Waals surface area contributed by atoms with Gasteiger partial charge in [0.2, 0.25) is 15.9 Å². The number of hydrogen-bond donors (Lipinski definition) is 2. The van der Waals surface area contributed by atoms with Crippen LogP contribution in [0, 0.1) is 0 Å². The zero-order valence-electron chi connectivity index (χ0n) is 16.8. The van der Waals surface area contributed by atoms with Crippen LogP contribution in [0.2, 0.25) is 0 Å². The summed E-state index contributed by atoms with van der Waals surface area (Å²) in [5.41, 5.74) is 1.97.